The Balaban J connectivity index is 1.91. The largest absolute Gasteiger partial charge is 0.398 e. The number of nitrogens with one attached hydrogen (secondary N) is 1. The number of aromatic nitrogens is 1. The standard InChI is InChI=1S/C16H18FN3O/c1-10-12(17)8-11(9-13(10)18)16(21)20-7-3-5-15(20)14-4-2-6-19-14/h2,4,6,8-9,15,19H,3,5,7,18H2,1H3. The molecule has 21 heavy (non-hydrogen) atoms. The van der Waals surface area contributed by atoms with Gasteiger partial charge in [-0.2, -0.15) is 0 Å². The van der Waals surface area contributed by atoms with Gasteiger partial charge in [0.1, 0.15) is 5.82 Å². The molecule has 0 spiro atoms. The van der Waals surface area contributed by atoms with E-state index in [-0.39, 0.29) is 11.9 Å². The molecular weight excluding hydrogens is 269 g/mol. The van der Waals surface area contributed by atoms with Gasteiger partial charge in [0.2, 0.25) is 0 Å². The topological polar surface area (TPSA) is 62.1 Å². The maximum Gasteiger partial charge on any atom is 0.254 e. The highest BCUT2D eigenvalue weighted by atomic mass is 19.1. The minimum Gasteiger partial charge on any atom is -0.398 e. The number of halogens is 1. The van der Waals surface area contributed by atoms with Crippen molar-refractivity contribution in [3.63, 3.8) is 0 Å². The first kappa shape index (κ1) is 13.7. The first-order valence-corrected chi connectivity index (χ1v) is 7.08. The molecular formula is C16H18FN3O. The highest BCUT2D eigenvalue weighted by molar-refractivity contribution is 5.95. The molecule has 4 nitrogen and oxygen atoms in total. The van der Waals surface area contributed by atoms with E-state index in [4.69, 9.17) is 5.73 Å². The fourth-order valence-corrected chi connectivity index (χ4v) is 2.87. The molecule has 0 radical (unpaired) electrons. The third-order valence-corrected chi connectivity index (χ3v) is 4.13. The second-order valence-corrected chi connectivity index (χ2v) is 5.45. The van der Waals surface area contributed by atoms with Crippen molar-refractivity contribution in [2.24, 2.45) is 0 Å². The first-order chi connectivity index (χ1) is 10.1. The minimum atomic E-state index is -0.436. The second-order valence-electron chi connectivity index (χ2n) is 5.45. The lowest BCUT2D eigenvalue weighted by Crippen LogP contribution is -2.31. The Hall–Kier alpha value is -2.30. The van der Waals surface area contributed by atoms with Crippen molar-refractivity contribution < 1.29 is 9.18 Å². The lowest BCUT2D eigenvalue weighted by atomic mass is 10.1. The number of carbonyl (C=O) groups excluding carboxylic acids is 1. The van der Waals surface area contributed by atoms with Gasteiger partial charge in [0.25, 0.3) is 5.91 Å². The smallest absolute Gasteiger partial charge is 0.254 e. The van der Waals surface area contributed by atoms with Gasteiger partial charge in [0.05, 0.1) is 6.04 Å². The summed E-state index contributed by atoms with van der Waals surface area (Å²) < 4.78 is 13.8. The van der Waals surface area contributed by atoms with Gasteiger partial charge < -0.3 is 15.6 Å². The second kappa shape index (κ2) is 5.24. The molecule has 1 aromatic carbocycles. The van der Waals surface area contributed by atoms with Gasteiger partial charge in [-0.1, -0.05) is 0 Å². The Morgan fingerprint density at radius 3 is 2.95 bits per heavy atom. The van der Waals surface area contributed by atoms with Crippen LogP contribution in [0, 0.1) is 12.7 Å². The van der Waals surface area contributed by atoms with E-state index in [1.807, 2.05) is 18.3 Å². The molecule has 0 bridgehead atoms. The summed E-state index contributed by atoms with van der Waals surface area (Å²) in [5.41, 5.74) is 7.80. The molecule has 1 unspecified atom stereocenters. The van der Waals surface area contributed by atoms with Crippen LogP contribution in [0.5, 0.6) is 0 Å². The monoisotopic (exact) mass is 287 g/mol. The van der Waals surface area contributed by atoms with E-state index in [0.717, 1.165) is 18.5 Å². The van der Waals surface area contributed by atoms with E-state index < -0.39 is 5.82 Å². The summed E-state index contributed by atoms with van der Waals surface area (Å²) in [5, 5.41) is 0. The van der Waals surface area contributed by atoms with E-state index >= 15 is 0 Å². The molecule has 2 aromatic rings. The zero-order valence-electron chi connectivity index (χ0n) is 11.9. The summed E-state index contributed by atoms with van der Waals surface area (Å²) in [6.07, 6.45) is 3.70. The molecule has 2 heterocycles. The molecule has 0 saturated carbocycles. The molecule has 1 amide bonds. The predicted molar refractivity (Wildman–Crippen MR) is 79.4 cm³/mol. The number of likely N-dealkylation sites (tertiary alicyclic amines) is 1. The van der Waals surface area contributed by atoms with Crippen LogP contribution >= 0.6 is 0 Å². The molecule has 3 N–H and O–H groups in total. The van der Waals surface area contributed by atoms with E-state index in [0.29, 0.717) is 23.4 Å². The van der Waals surface area contributed by atoms with E-state index in [1.165, 1.54) is 6.07 Å². The van der Waals surface area contributed by atoms with Crippen LogP contribution in [0.15, 0.2) is 30.5 Å². The normalized spacial score (nSPS) is 18.2. The number of benzene rings is 1. The van der Waals surface area contributed by atoms with Gasteiger partial charge in [0, 0.05) is 35.2 Å². The Kier molecular flexibility index (Phi) is 3.41. The van der Waals surface area contributed by atoms with Crippen molar-refractivity contribution in [3.8, 4) is 0 Å². The van der Waals surface area contributed by atoms with Crippen LogP contribution in [-0.2, 0) is 0 Å². The van der Waals surface area contributed by atoms with Crippen molar-refractivity contribution in [2.45, 2.75) is 25.8 Å². The van der Waals surface area contributed by atoms with Gasteiger partial charge >= 0.3 is 0 Å². The zero-order chi connectivity index (χ0) is 15.0. The highest BCUT2D eigenvalue weighted by Gasteiger charge is 2.31. The molecule has 1 saturated heterocycles. The molecule has 5 heteroatoms. The number of H-pyrrole nitrogens is 1. The number of rotatable bonds is 2. The lowest BCUT2D eigenvalue weighted by molar-refractivity contribution is 0.0733. The molecule has 3 rings (SSSR count). The van der Waals surface area contributed by atoms with Gasteiger partial charge in [0.15, 0.2) is 0 Å². The quantitative estimate of drug-likeness (QED) is 0.834. The molecule has 1 atom stereocenters. The van der Waals surface area contributed by atoms with Crippen LogP contribution in [0.4, 0.5) is 10.1 Å². The molecule has 1 fully saturated rings. The van der Waals surface area contributed by atoms with Gasteiger partial charge in [-0.3, -0.25) is 4.79 Å². The first-order valence-electron chi connectivity index (χ1n) is 7.08. The molecule has 0 aliphatic carbocycles. The number of hydrogen-bond acceptors (Lipinski definition) is 2. The number of anilines is 1. The van der Waals surface area contributed by atoms with E-state index in [1.54, 1.807) is 17.9 Å². The Morgan fingerprint density at radius 1 is 1.48 bits per heavy atom. The average molecular weight is 287 g/mol. The Bertz CT molecular complexity index is 643. The summed E-state index contributed by atoms with van der Waals surface area (Å²) in [6, 6.07) is 6.75. The Labute approximate surface area is 122 Å². The zero-order valence-corrected chi connectivity index (χ0v) is 11.9. The van der Waals surface area contributed by atoms with E-state index in [9.17, 15) is 9.18 Å². The molecule has 1 aliphatic heterocycles. The van der Waals surface area contributed by atoms with Crippen molar-refractivity contribution in [3.05, 3.63) is 53.1 Å². The summed E-state index contributed by atoms with van der Waals surface area (Å²) in [7, 11) is 0. The van der Waals surface area contributed by atoms with Crippen LogP contribution in [0.2, 0.25) is 0 Å². The lowest BCUT2D eigenvalue weighted by Gasteiger charge is -2.24. The van der Waals surface area contributed by atoms with Crippen LogP contribution in [0.25, 0.3) is 0 Å². The van der Waals surface area contributed by atoms with Gasteiger partial charge in [-0.15, -0.1) is 0 Å². The molecule has 110 valence electrons. The number of nitrogen functional groups attached to an aromatic ring is 1. The molecule has 1 aromatic heterocycles. The number of aromatic amines is 1. The van der Waals surface area contributed by atoms with Crippen molar-refractivity contribution in [1.82, 2.24) is 9.88 Å². The van der Waals surface area contributed by atoms with Crippen LogP contribution in [0.1, 0.15) is 40.5 Å². The summed E-state index contributed by atoms with van der Waals surface area (Å²) in [5.74, 6) is -0.605. The van der Waals surface area contributed by atoms with E-state index in [2.05, 4.69) is 4.98 Å². The third kappa shape index (κ3) is 2.39. The fourth-order valence-electron chi connectivity index (χ4n) is 2.87. The van der Waals surface area contributed by atoms with Crippen molar-refractivity contribution >= 4 is 11.6 Å². The summed E-state index contributed by atoms with van der Waals surface area (Å²) >= 11 is 0. The SMILES string of the molecule is Cc1c(N)cc(C(=O)N2CCCC2c2ccc[nH]2)cc1F. The fraction of sp³-hybridized carbons (Fsp3) is 0.312. The van der Waals surface area contributed by atoms with Crippen LogP contribution < -0.4 is 5.73 Å². The maximum absolute atomic E-state index is 13.8. The average Bonchev–Trinajstić information content (AvgIpc) is 3.13. The van der Waals surface area contributed by atoms with Crippen molar-refractivity contribution in [1.29, 1.82) is 0 Å². The van der Waals surface area contributed by atoms with Gasteiger partial charge in [-0.05, 0) is 44.0 Å². The van der Waals surface area contributed by atoms with Crippen molar-refractivity contribution in [2.75, 3.05) is 12.3 Å². The van der Waals surface area contributed by atoms with Crippen LogP contribution in [0.3, 0.4) is 0 Å². The van der Waals surface area contributed by atoms with Crippen LogP contribution in [-0.4, -0.2) is 22.3 Å². The molecule has 1 aliphatic rings. The number of hydrogen-bond donors (Lipinski definition) is 2. The predicted octanol–water partition coefficient (Wildman–Crippen LogP) is 3.02. The Morgan fingerprint density at radius 2 is 2.29 bits per heavy atom. The third-order valence-electron chi connectivity index (χ3n) is 4.13. The number of amides is 1. The van der Waals surface area contributed by atoms with Gasteiger partial charge in [-0.25, -0.2) is 4.39 Å². The highest BCUT2D eigenvalue weighted by Crippen LogP contribution is 2.32. The number of nitrogens with two attached hydrogens (primary N) is 1. The number of carbonyl (C=O) groups is 1. The summed E-state index contributed by atoms with van der Waals surface area (Å²) in [6.45, 7) is 2.29. The maximum atomic E-state index is 13.8. The summed E-state index contributed by atoms with van der Waals surface area (Å²) in [4.78, 5) is 17.6. The number of nitrogens with zero attached hydrogens (tertiary/aromatic N) is 1. The minimum absolute atomic E-state index is 0.0260.